The molecular formula is C15H19N3. The zero-order valence-corrected chi connectivity index (χ0v) is 10.6. The molecule has 94 valence electrons. The van der Waals surface area contributed by atoms with Crippen molar-refractivity contribution in [2.45, 2.75) is 37.8 Å². The molecule has 0 spiro atoms. The second-order valence-electron chi connectivity index (χ2n) is 5.33. The molecule has 0 aliphatic carbocycles. The van der Waals surface area contributed by atoms with E-state index in [-0.39, 0.29) is 0 Å². The Labute approximate surface area is 108 Å². The molecule has 2 aliphatic heterocycles. The summed E-state index contributed by atoms with van der Waals surface area (Å²) < 4.78 is 0. The molecule has 1 N–H and O–H groups in total. The first-order valence-electron chi connectivity index (χ1n) is 6.87. The second-order valence-corrected chi connectivity index (χ2v) is 5.33. The maximum atomic E-state index is 8.92. The molecule has 18 heavy (non-hydrogen) atoms. The second kappa shape index (κ2) is 4.99. The van der Waals surface area contributed by atoms with Crippen molar-refractivity contribution in [3.8, 4) is 6.07 Å². The Balaban J connectivity index is 1.71. The van der Waals surface area contributed by atoms with Crippen LogP contribution in [0.15, 0.2) is 24.3 Å². The minimum absolute atomic E-state index is 0.555. The van der Waals surface area contributed by atoms with E-state index in [9.17, 15) is 0 Å². The Kier molecular flexibility index (Phi) is 3.21. The number of nitrogens with one attached hydrogen (secondary N) is 1. The minimum atomic E-state index is 0.555. The molecule has 3 heteroatoms. The highest BCUT2D eigenvalue weighted by molar-refractivity contribution is 5.50. The molecular weight excluding hydrogens is 222 g/mol. The highest BCUT2D eigenvalue weighted by atomic mass is 15.2. The molecule has 2 heterocycles. The normalized spacial score (nSPS) is 27.5. The summed E-state index contributed by atoms with van der Waals surface area (Å²) in [6.45, 7) is 2.49. The molecule has 3 nitrogen and oxygen atoms in total. The fourth-order valence-electron chi connectivity index (χ4n) is 3.31. The van der Waals surface area contributed by atoms with Gasteiger partial charge in [0.05, 0.1) is 11.6 Å². The molecule has 2 fully saturated rings. The topological polar surface area (TPSA) is 39.1 Å². The van der Waals surface area contributed by atoms with Crippen LogP contribution in [0.2, 0.25) is 0 Å². The largest absolute Gasteiger partial charge is 0.381 e. The molecule has 0 radical (unpaired) electrons. The first-order valence-corrected chi connectivity index (χ1v) is 6.87. The number of nitrogens with zero attached hydrogens (tertiary/aromatic N) is 2. The van der Waals surface area contributed by atoms with E-state index in [1.807, 2.05) is 18.2 Å². The lowest BCUT2D eigenvalue weighted by atomic mass is 9.99. The van der Waals surface area contributed by atoms with Crippen LogP contribution in [-0.4, -0.2) is 30.1 Å². The molecule has 1 aromatic carbocycles. The Bertz CT molecular complexity index is 463. The van der Waals surface area contributed by atoms with E-state index in [1.165, 1.54) is 38.8 Å². The molecule has 2 atom stereocenters. The van der Waals surface area contributed by atoms with Gasteiger partial charge in [0, 0.05) is 24.3 Å². The molecule has 2 saturated heterocycles. The maximum Gasteiger partial charge on any atom is 0.0992 e. The van der Waals surface area contributed by atoms with Crippen LogP contribution >= 0.6 is 0 Å². The molecule has 2 unspecified atom stereocenters. The number of hydrogen-bond acceptors (Lipinski definition) is 3. The highest BCUT2D eigenvalue weighted by Crippen LogP contribution is 2.29. The SMILES string of the molecule is N#Cc1cccc(NC2CCN3CCCCC23)c1. The fourth-order valence-corrected chi connectivity index (χ4v) is 3.31. The van der Waals surface area contributed by atoms with Crippen LogP contribution in [0.1, 0.15) is 31.2 Å². The van der Waals surface area contributed by atoms with Crippen molar-refractivity contribution in [1.29, 1.82) is 5.26 Å². The van der Waals surface area contributed by atoms with E-state index in [2.05, 4.69) is 22.4 Å². The average molecular weight is 241 g/mol. The van der Waals surface area contributed by atoms with E-state index in [4.69, 9.17) is 5.26 Å². The van der Waals surface area contributed by atoms with Gasteiger partial charge in [-0.2, -0.15) is 5.26 Å². The summed E-state index contributed by atoms with van der Waals surface area (Å²) >= 11 is 0. The zero-order chi connectivity index (χ0) is 12.4. The van der Waals surface area contributed by atoms with E-state index >= 15 is 0 Å². The third-order valence-electron chi connectivity index (χ3n) is 4.20. The summed E-state index contributed by atoms with van der Waals surface area (Å²) in [7, 11) is 0. The predicted octanol–water partition coefficient (Wildman–Crippen LogP) is 2.60. The van der Waals surface area contributed by atoms with Crippen molar-refractivity contribution < 1.29 is 0 Å². The van der Waals surface area contributed by atoms with Crippen molar-refractivity contribution in [3.63, 3.8) is 0 Å². The number of fused-ring (bicyclic) bond motifs is 1. The van der Waals surface area contributed by atoms with Gasteiger partial charge in [0.25, 0.3) is 0 Å². The predicted molar refractivity (Wildman–Crippen MR) is 72.4 cm³/mol. The van der Waals surface area contributed by atoms with Gasteiger partial charge in [0.1, 0.15) is 0 Å². The van der Waals surface area contributed by atoms with Crippen molar-refractivity contribution in [3.05, 3.63) is 29.8 Å². The Hall–Kier alpha value is -1.53. The molecule has 0 bridgehead atoms. The quantitative estimate of drug-likeness (QED) is 0.865. The summed E-state index contributed by atoms with van der Waals surface area (Å²) in [4.78, 5) is 2.62. The summed E-state index contributed by atoms with van der Waals surface area (Å²) in [5, 5.41) is 12.5. The number of hydrogen-bond donors (Lipinski definition) is 1. The fraction of sp³-hybridized carbons (Fsp3) is 0.533. The molecule has 0 saturated carbocycles. The van der Waals surface area contributed by atoms with E-state index < -0.39 is 0 Å². The van der Waals surface area contributed by atoms with Crippen molar-refractivity contribution in [2.24, 2.45) is 0 Å². The summed E-state index contributed by atoms with van der Waals surface area (Å²) in [6.07, 6.45) is 5.25. The van der Waals surface area contributed by atoms with Gasteiger partial charge in [0.2, 0.25) is 0 Å². The van der Waals surface area contributed by atoms with Gasteiger partial charge in [-0.25, -0.2) is 0 Å². The van der Waals surface area contributed by atoms with Crippen LogP contribution in [-0.2, 0) is 0 Å². The number of piperidine rings is 1. The van der Waals surface area contributed by atoms with Gasteiger partial charge in [-0.1, -0.05) is 12.5 Å². The lowest BCUT2D eigenvalue weighted by Crippen LogP contribution is -2.41. The minimum Gasteiger partial charge on any atom is -0.381 e. The van der Waals surface area contributed by atoms with E-state index in [0.29, 0.717) is 12.1 Å². The van der Waals surface area contributed by atoms with E-state index in [0.717, 1.165) is 11.3 Å². The smallest absolute Gasteiger partial charge is 0.0992 e. The molecule has 2 aliphatic rings. The van der Waals surface area contributed by atoms with Gasteiger partial charge >= 0.3 is 0 Å². The van der Waals surface area contributed by atoms with Crippen LogP contribution < -0.4 is 5.32 Å². The number of rotatable bonds is 2. The van der Waals surface area contributed by atoms with Crippen LogP contribution in [0.4, 0.5) is 5.69 Å². The third-order valence-corrected chi connectivity index (χ3v) is 4.20. The van der Waals surface area contributed by atoms with Gasteiger partial charge in [-0.15, -0.1) is 0 Å². The lowest BCUT2D eigenvalue weighted by molar-refractivity contribution is 0.193. The lowest BCUT2D eigenvalue weighted by Gasteiger charge is -2.33. The van der Waals surface area contributed by atoms with Crippen molar-refractivity contribution in [1.82, 2.24) is 4.90 Å². The number of benzene rings is 1. The monoisotopic (exact) mass is 241 g/mol. The maximum absolute atomic E-state index is 8.92. The molecule has 3 rings (SSSR count). The summed E-state index contributed by atoms with van der Waals surface area (Å²) in [5.74, 6) is 0. The first-order chi connectivity index (χ1) is 8.86. The zero-order valence-electron chi connectivity index (χ0n) is 10.6. The van der Waals surface area contributed by atoms with Crippen molar-refractivity contribution in [2.75, 3.05) is 18.4 Å². The van der Waals surface area contributed by atoms with Gasteiger partial charge in [-0.05, 0) is 44.0 Å². The van der Waals surface area contributed by atoms with Crippen LogP contribution in [0.3, 0.4) is 0 Å². The molecule has 0 aromatic heterocycles. The standard InChI is InChI=1S/C15H19N3/c16-11-12-4-3-5-13(10-12)17-14-7-9-18-8-2-1-6-15(14)18/h3-5,10,14-15,17H,1-2,6-9H2. The van der Waals surface area contributed by atoms with Crippen LogP contribution in [0, 0.1) is 11.3 Å². The Morgan fingerprint density at radius 3 is 3.06 bits per heavy atom. The Morgan fingerprint density at radius 2 is 2.17 bits per heavy atom. The third kappa shape index (κ3) is 2.21. The van der Waals surface area contributed by atoms with Gasteiger partial charge in [-0.3, -0.25) is 4.90 Å². The van der Waals surface area contributed by atoms with Crippen LogP contribution in [0.5, 0.6) is 0 Å². The summed E-state index contributed by atoms with van der Waals surface area (Å²) in [5.41, 5.74) is 1.82. The highest BCUT2D eigenvalue weighted by Gasteiger charge is 2.35. The average Bonchev–Trinajstić information content (AvgIpc) is 2.83. The molecule has 0 amide bonds. The van der Waals surface area contributed by atoms with Crippen molar-refractivity contribution >= 4 is 5.69 Å². The van der Waals surface area contributed by atoms with Gasteiger partial charge in [0.15, 0.2) is 0 Å². The summed E-state index contributed by atoms with van der Waals surface area (Å²) in [6, 6.07) is 11.3. The van der Waals surface area contributed by atoms with E-state index in [1.54, 1.807) is 0 Å². The van der Waals surface area contributed by atoms with Crippen LogP contribution in [0.25, 0.3) is 0 Å². The Morgan fingerprint density at radius 1 is 1.22 bits per heavy atom. The number of nitriles is 1. The number of anilines is 1. The first kappa shape index (κ1) is 11.6. The molecule has 1 aromatic rings. The van der Waals surface area contributed by atoms with Gasteiger partial charge < -0.3 is 5.32 Å².